The van der Waals surface area contributed by atoms with E-state index in [0.717, 1.165) is 44.9 Å². The first-order valence-corrected chi connectivity index (χ1v) is 26.1. The molecule has 0 heterocycles. The second-order valence-corrected chi connectivity index (χ2v) is 17.7. The maximum atomic E-state index is 13.2. The van der Waals surface area contributed by atoms with E-state index < -0.39 is 18.2 Å². The van der Waals surface area contributed by atoms with Crippen LogP contribution in [0.5, 0.6) is 0 Å². The van der Waals surface area contributed by atoms with Crippen molar-refractivity contribution >= 4 is 11.9 Å². The highest BCUT2D eigenvalue weighted by Crippen LogP contribution is 2.17. The Kier molecular flexibility index (Phi) is 46.6. The van der Waals surface area contributed by atoms with Crippen LogP contribution in [0, 0.1) is 0 Å². The number of unbranched alkanes of at least 4 members (excludes halogenated alkanes) is 29. The van der Waals surface area contributed by atoms with Crippen molar-refractivity contribution in [3.05, 3.63) is 60.8 Å². The molecule has 0 aliphatic rings. The van der Waals surface area contributed by atoms with Gasteiger partial charge in [-0.05, 0) is 19.3 Å². The summed E-state index contributed by atoms with van der Waals surface area (Å²) in [4.78, 5) is 26.1. The van der Waals surface area contributed by atoms with E-state index in [1.54, 1.807) is 0 Å². The van der Waals surface area contributed by atoms with Gasteiger partial charge in [-0.15, -0.1) is 0 Å². The van der Waals surface area contributed by atoms with E-state index >= 15 is 0 Å². The van der Waals surface area contributed by atoms with Gasteiger partial charge in [-0.25, -0.2) is 0 Å². The Bertz CT molecular complexity index is 1090. The third-order valence-corrected chi connectivity index (χ3v) is 11.7. The fraction of sp³-hybridized carbons (Fsp3) is 0.782. The summed E-state index contributed by atoms with van der Waals surface area (Å²) in [5.41, 5.74) is 0. The second-order valence-electron chi connectivity index (χ2n) is 17.7. The summed E-state index contributed by atoms with van der Waals surface area (Å²) in [6, 6.07) is -0.738. The number of carbonyl (C=O) groups is 2. The molecule has 61 heavy (non-hydrogen) atoms. The van der Waals surface area contributed by atoms with Crippen LogP contribution in [-0.4, -0.2) is 46.9 Å². The molecule has 0 aromatic carbocycles. The maximum Gasteiger partial charge on any atom is 0.306 e. The van der Waals surface area contributed by atoms with Crippen molar-refractivity contribution in [1.82, 2.24) is 5.32 Å². The molecular weight excluding hydrogens is 755 g/mol. The van der Waals surface area contributed by atoms with Crippen LogP contribution in [0.3, 0.4) is 0 Å². The Morgan fingerprint density at radius 2 is 0.852 bits per heavy atom. The molecule has 0 bridgehead atoms. The minimum Gasteiger partial charge on any atom is -0.461 e. The van der Waals surface area contributed by atoms with Gasteiger partial charge in [-0.1, -0.05) is 274 Å². The van der Waals surface area contributed by atoms with Crippen LogP contribution in [0.4, 0.5) is 0 Å². The summed E-state index contributed by atoms with van der Waals surface area (Å²) in [5.74, 6) is -0.601. The highest BCUT2D eigenvalue weighted by molar-refractivity contribution is 5.77. The summed E-state index contributed by atoms with van der Waals surface area (Å²) < 4.78 is 5.85. The lowest BCUT2D eigenvalue weighted by atomic mass is 10.0. The number of esters is 1. The van der Waals surface area contributed by atoms with Crippen LogP contribution >= 0.6 is 0 Å². The zero-order chi connectivity index (χ0) is 44.5. The number of carbonyl (C=O) groups excluding carboxylic acids is 2. The summed E-state index contributed by atoms with van der Waals surface area (Å²) in [6.45, 7) is 6.31. The normalized spacial score (nSPS) is 13.7. The zero-order valence-corrected chi connectivity index (χ0v) is 40.3. The molecule has 1 amide bonds. The molecule has 354 valence electrons. The van der Waals surface area contributed by atoms with Crippen LogP contribution in [-0.2, 0) is 14.3 Å². The molecule has 0 rings (SSSR count). The average molecular weight is 854 g/mol. The molecule has 0 spiro atoms. The molecule has 0 saturated heterocycles. The highest BCUT2D eigenvalue weighted by atomic mass is 16.5. The van der Waals surface area contributed by atoms with Crippen molar-refractivity contribution in [2.45, 2.75) is 270 Å². The summed E-state index contributed by atoms with van der Waals surface area (Å²) in [6.07, 6.45) is 60.3. The maximum absolute atomic E-state index is 13.2. The molecular formula is C55H99NO5. The van der Waals surface area contributed by atoms with Gasteiger partial charge >= 0.3 is 5.97 Å². The summed E-state index contributed by atoms with van der Waals surface area (Å²) in [7, 11) is 0. The first kappa shape index (κ1) is 58.6. The van der Waals surface area contributed by atoms with Crippen LogP contribution in [0.2, 0.25) is 0 Å². The third kappa shape index (κ3) is 44.0. The van der Waals surface area contributed by atoms with Crippen LogP contribution < -0.4 is 5.32 Å². The predicted molar refractivity (Wildman–Crippen MR) is 264 cm³/mol. The van der Waals surface area contributed by atoms with Gasteiger partial charge in [0.1, 0.15) is 6.10 Å². The molecule has 0 aromatic heterocycles. The number of hydrogen-bond donors (Lipinski definition) is 3. The largest absolute Gasteiger partial charge is 0.461 e. The van der Waals surface area contributed by atoms with Gasteiger partial charge in [-0.3, -0.25) is 9.59 Å². The molecule has 0 fully saturated rings. The van der Waals surface area contributed by atoms with Gasteiger partial charge in [-0.2, -0.15) is 0 Å². The van der Waals surface area contributed by atoms with Crippen molar-refractivity contribution in [2.75, 3.05) is 6.61 Å². The lowest BCUT2D eigenvalue weighted by Crippen LogP contribution is -2.46. The van der Waals surface area contributed by atoms with Crippen molar-refractivity contribution < 1.29 is 24.5 Å². The Hall–Kier alpha value is -2.44. The van der Waals surface area contributed by atoms with Gasteiger partial charge in [0.05, 0.1) is 25.2 Å². The minimum absolute atomic E-state index is 0.0170. The molecule has 3 N–H and O–H groups in total. The van der Waals surface area contributed by atoms with Crippen LogP contribution in [0.1, 0.15) is 252 Å². The number of amides is 1. The second kappa shape index (κ2) is 48.6. The van der Waals surface area contributed by atoms with Gasteiger partial charge < -0.3 is 20.3 Å². The van der Waals surface area contributed by atoms with Gasteiger partial charge in [0.2, 0.25) is 5.91 Å². The van der Waals surface area contributed by atoms with Crippen molar-refractivity contribution in [3.8, 4) is 0 Å². The van der Waals surface area contributed by atoms with E-state index in [2.05, 4.69) is 32.2 Å². The predicted octanol–water partition coefficient (Wildman–Crippen LogP) is 15.6. The summed E-state index contributed by atoms with van der Waals surface area (Å²) >= 11 is 0. The highest BCUT2D eigenvalue weighted by Gasteiger charge is 2.23. The van der Waals surface area contributed by atoms with E-state index in [1.165, 1.54) is 161 Å². The fourth-order valence-corrected chi connectivity index (χ4v) is 7.81. The first-order valence-electron chi connectivity index (χ1n) is 26.1. The van der Waals surface area contributed by atoms with E-state index in [0.29, 0.717) is 19.3 Å². The van der Waals surface area contributed by atoms with Crippen LogP contribution in [0.25, 0.3) is 0 Å². The number of ether oxygens (including phenoxy) is 1. The SMILES string of the molecule is CC/C=C/C=C/C=C\C=C/C=C/CC(CC(=O)NC(CO)C(O)CCCCCCCCCCCCCCC)OC(=O)CCCCCCCCCCCCCCCCCCCC. The Balaban J connectivity index is 4.57. The molecule has 3 atom stereocenters. The molecule has 0 aliphatic carbocycles. The number of hydrogen-bond acceptors (Lipinski definition) is 5. The first-order chi connectivity index (χ1) is 30.0. The molecule has 0 saturated carbocycles. The minimum atomic E-state index is -0.817. The fourth-order valence-electron chi connectivity index (χ4n) is 7.81. The average Bonchev–Trinajstić information content (AvgIpc) is 3.25. The zero-order valence-electron chi connectivity index (χ0n) is 40.3. The van der Waals surface area contributed by atoms with Crippen molar-refractivity contribution in [1.29, 1.82) is 0 Å². The van der Waals surface area contributed by atoms with Gasteiger partial charge in [0, 0.05) is 12.8 Å². The third-order valence-electron chi connectivity index (χ3n) is 11.7. The van der Waals surface area contributed by atoms with E-state index in [4.69, 9.17) is 4.74 Å². The Labute approximate surface area is 378 Å². The van der Waals surface area contributed by atoms with Crippen molar-refractivity contribution in [3.63, 3.8) is 0 Å². The number of rotatable bonds is 46. The molecule has 0 radical (unpaired) electrons. The standard InChI is InChI=1S/C55H99NO5/c1-4-7-10-13-16-19-22-24-25-26-27-28-30-33-36-39-42-45-48-55(60)61-51(46-43-40-37-34-31-21-18-15-12-9-6-3)49-54(59)56-52(50-57)53(58)47-44-41-38-35-32-29-23-20-17-14-11-8-5-2/h9,12,15,18,21,31,34,37,40,43,51-53,57-58H,4-8,10-11,13-14,16-17,19-20,22-30,32-33,35-36,38-39,41-42,44-50H2,1-3H3,(H,56,59)/b12-9+,18-15+,31-21-,37-34-,43-40+. The summed E-state index contributed by atoms with van der Waals surface area (Å²) in [5, 5.41) is 23.7. The molecule has 0 aromatic rings. The number of nitrogens with one attached hydrogen (secondary N) is 1. The lowest BCUT2D eigenvalue weighted by Gasteiger charge is -2.24. The number of aliphatic hydroxyl groups excluding tert-OH is 2. The lowest BCUT2D eigenvalue weighted by molar-refractivity contribution is -0.150. The monoisotopic (exact) mass is 854 g/mol. The van der Waals surface area contributed by atoms with Gasteiger partial charge in [0.15, 0.2) is 0 Å². The van der Waals surface area contributed by atoms with E-state index in [9.17, 15) is 19.8 Å². The number of aliphatic hydroxyl groups is 2. The Morgan fingerprint density at radius 3 is 1.25 bits per heavy atom. The molecule has 3 unspecified atom stereocenters. The van der Waals surface area contributed by atoms with E-state index in [1.807, 2.05) is 54.7 Å². The quantitative estimate of drug-likeness (QED) is 0.0322. The Morgan fingerprint density at radius 1 is 0.492 bits per heavy atom. The number of allylic oxidation sites excluding steroid dienone is 9. The van der Waals surface area contributed by atoms with E-state index in [-0.39, 0.29) is 24.9 Å². The molecule has 0 aliphatic heterocycles. The topological polar surface area (TPSA) is 95.9 Å². The molecule has 6 nitrogen and oxygen atoms in total. The van der Waals surface area contributed by atoms with Crippen LogP contribution in [0.15, 0.2) is 60.8 Å². The van der Waals surface area contributed by atoms with Gasteiger partial charge in [0.25, 0.3) is 0 Å². The van der Waals surface area contributed by atoms with Crippen molar-refractivity contribution in [2.24, 2.45) is 0 Å². The molecule has 6 heteroatoms. The smallest absolute Gasteiger partial charge is 0.306 e.